The lowest BCUT2D eigenvalue weighted by atomic mass is 9.43. The molecule has 185 valence electrons. The van der Waals surface area contributed by atoms with Gasteiger partial charge in [-0.1, -0.05) is 13.8 Å². The normalized spacial score (nSPS) is 49.7. The SMILES string of the molecule is C[C@]12CC[C@H]([CH]CN3CCCC3)C[C@H]1CC[C@@H]1[C@@H]2CC[C@]2(C)[C@@H](c3ccc(=O)oc3)C[C@H]3O[C@]132. The molecule has 0 bridgehead atoms. The molecule has 1 aromatic heterocycles. The Bertz CT molecular complexity index is 979. The predicted octanol–water partition coefficient (Wildman–Crippen LogP) is 5.81. The lowest BCUT2D eigenvalue weighted by molar-refractivity contribution is -0.131. The fourth-order valence-corrected chi connectivity index (χ4v) is 10.3. The van der Waals surface area contributed by atoms with Crippen molar-refractivity contribution in [2.75, 3.05) is 19.6 Å². The summed E-state index contributed by atoms with van der Waals surface area (Å²) in [4.78, 5) is 14.2. The van der Waals surface area contributed by atoms with E-state index < -0.39 is 0 Å². The lowest BCUT2D eigenvalue weighted by Gasteiger charge is -2.61. The number of hydrogen-bond acceptors (Lipinski definition) is 4. The second kappa shape index (κ2) is 7.68. The number of ether oxygens (including phenoxy) is 1. The van der Waals surface area contributed by atoms with Crippen LogP contribution in [0.1, 0.15) is 89.5 Å². The zero-order chi connectivity index (χ0) is 23.1. The molecule has 9 atom stereocenters. The third-order valence-corrected chi connectivity index (χ3v) is 12.1. The van der Waals surface area contributed by atoms with Gasteiger partial charge in [-0.25, -0.2) is 4.79 Å². The first-order valence-electron chi connectivity index (χ1n) is 14.3. The van der Waals surface area contributed by atoms with Crippen LogP contribution in [0.15, 0.2) is 27.6 Å². The van der Waals surface area contributed by atoms with Crippen LogP contribution in [-0.2, 0) is 4.74 Å². The van der Waals surface area contributed by atoms with Gasteiger partial charge in [0.2, 0.25) is 0 Å². The molecule has 0 aromatic carbocycles. The van der Waals surface area contributed by atoms with E-state index in [2.05, 4.69) is 25.2 Å². The van der Waals surface area contributed by atoms with E-state index in [4.69, 9.17) is 9.15 Å². The van der Waals surface area contributed by atoms with Gasteiger partial charge in [0, 0.05) is 18.0 Å². The Hall–Kier alpha value is -1.13. The summed E-state index contributed by atoms with van der Waals surface area (Å²) in [6, 6.07) is 3.62. The van der Waals surface area contributed by atoms with Gasteiger partial charge in [-0.2, -0.15) is 0 Å². The molecule has 4 nitrogen and oxygen atoms in total. The van der Waals surface area contributed by atoms with Crippen LogP contribution < -0.4 is 5.63 Å². The summed E-state index contributed by atoms with van der Waals surface area (Å²) in [5.41, 5.74) is 1.70. The highest BCUT2D eigenvalue weighted by Crippen LogP contribution is 2.78. The fourth-order valence-electron chi connectivity index (χ4n) is 10.3. The number of nitrogens with zero attached hydrogens (tertiary/aromatic N) is 1. The van der Waals surface area contributed by atoms with Crippen molar-refractivity contribution < 1.29 is 9.15 Å². The van der Waals surface area contributed by atoms with Crippen LogP contribution in [0.25, 0.3) is 0 Å². The van der Waals surface area contributed by atoms with Gasteiger partial charge in [0.15, 0.2) is 0 Å². The zero-order valence-electron chi connectivity index (χ0n) is 21.1. The van der Waals surface area contributed by atoms with Crippen molar-refractivity contribution in [3.8, 4) is 0 Å². The van der Waals surface area contributed by atoms with Gasteiger partial charge in [-0.15, -0.1) is 0 Å². The summed E-state index contributed by atoms with van der Waals surface area (Å²) < 4.78 is 12.0. The van der Waals surface area contributed by atoms with E-state index in [1.807, 2.05) is 6.07 Å². The highest BCUT2D eigenvalue weighted by molar-refractivity contribution is 5.35. The molecule has 4 saturated carbocycles. The molecule has 4 aliphatic carbocycles. The molecule has 3 heterocycles. The monoisotopic (exact) mass is 464 g/mol. The summed E-state index contributed by atoms with van der Waals surface area (Å²) in [6.45, 7) is 9.02. The Balaban J connectivity index is 1.09. The van der Waals surface area contributed by atoms with Gasteiger partial charge >= 0.3 is 5.63 Å². The Morgan fingerprint density at radius 2 is 1.88 bits per heavy atom. The average molecular weight is 465 g/mol. The van der Waals surface area contributed by atoms with Gasteiger partial charge in [0.25, 0.3) is 0 Å². The van der Waals surface area contributed by atoms with Crippen molar-refractivity contribution in [3.63, 3.8) is 0 Å². The Morgan fingerprint density at radius 1 is 1.03 bits per heavy atom. The second-order valence-corrected chi connectivity index (χ2v) is 13.3. The maximum absolute atomic E-state index is 11.6. The first-order valence-corrected chi connectivity index (χ1v) is 14.3. The van der Waals surface area contributed by atoms with E-state index >= 15 is 0 Å². The third kappa shape index (κ3) is 3.00. The molecule has 2 aliphatic heterocycles. The third-order valence-electron chi connectivity index (χ3n) is 12.1. The van der Waals surface area contributed by atoms with E-state index in [1.165, 1.54) is 83.0 Å². The summed E-state index contributed by atoms with van der Waals surface area (Å²) in [7, 11) is 0. The highest BCUT2D eigenvalue weighted by atomic mass is 16.6. The van der Waals surface area contributed by atoms with Crippen molar-refractivity contribution in [1.29, 1.82) is 0 Å². The van der Waals surface area contributed by atoms with Crippen molar-refractivity contribution in [3.05, 3.63) is 40.8 Å². The molecule has 1 spiro atoms. The van der Waals surface area contributed by atoms with Crippen LogP contribution >= 0.6 is 0 Å². The van der Waals surface area contributed by atoms with Crippen LogP contribution in [0.5, 0.6) is 0 Å². The molecule has 7 rings (SSSR count). The molecule has 6 aliphatic rings. The summed E-state index contributed by atoms with van der Waals surface area (Å²) in [6.07, 6.45) is 18.3. The quantitative estimate of drug-likeness (QED) is 0.527. The predicted molar refractivity (Wildman–Crippen MR) is 132 cm³/mol. The average Bonchev–Trinajstić information content (AvgIpc) is 3.19. The lowest BCUT2D eigenvalue weighted by Crippen LogP contribution is -2.58. The minimum atomic E-state index is -0.244. The van der Waals surface area contributed by atoms with E-state index in [-0.39, 0.29) is 16.6 Å². The first-order chi connectivity index (χ1) is 16.4. The van der Waals surface area contributed by atoms with Crippen LogP contribution in [0, 0.1) is 40.9 Å². The molecule has 34 heavy (non-hydrogen) atoms. The van der Waals surface area contributed by atoms with Gasteiger partial charge < -0.3 is 14.1 Å². The first kappa shape index (κ1) is 22.1. The van der Waals surface area contributed by atoms with E-state index in [0.717, 1.165) is 24.2 Å². The molecular weight excluding hydrogens is 422 g/mol. The number of epoxide rings is 1. The van der Waals surface area contributed by atoms with Crippen molar-refractivity contribution in [2.24, 2.45) is 34.5 Å². The maximum atomic E-state index is 11.6. The number of rotatable bonds is 4. The fraction of sp³-hybridized carbons (Fsp3) is 0.800. The van der Waals surface area contributed by atoms with Crippen molar-refractivity contribution in [2.45, 2.75) is 95.7 Å². The summed E-state index contributed by atoms with van der Waals surface area (Å²) >= 11 is 0. The van der Waals surface area contributed by atoms with Crippen LogP contribution in [0.3, 0.4) is 0 Å². The number of hydrogen-bond donors (Lipinski definition) is 0. The second-order valence-electron chi connectivity index (χ2n) is 13.3. The Kier molecular flexibility index (Phi) is 4.99. The van der Waals surface area contributed by atoms with Crippen LogP contribution in [-0.4, -0.2) is 36.2 Å². The molecule has 2 saturated heterocycles. The van der Waals surface area contributed by atoms with Gasteiger partial charge in [0.1, 0.15) is 5.60 Å². The zero-order valence-corrected chi connectivity index (χ0v) is 21.1. The van der Waals surface area contributed by atoms with Crippen LogP contribution in [0.2, 0.25) is 0 Å². The summed E-state index contributed by atoms with van der Waals surface area (Å²) in [5.74, 6) is 3.70. The Morgan fingerprint density at radius 3 is 2.68 bits per heavy atom. The molecular formula is C30H42NO3. The topological polar surface area (TPSA) is 46.0 Å². The molecule has 4 heteroatoms. The molecule has 0 N–H and O–H groups in total. The molecule has 0 unspecified atom stereocenters. The molecule has 0 amide bonds. The van der Waals surface area contributed by atoms with Crippen molar-refractivity contribution >= 4 is 0 Å². The minimum absolute atomic E-state index is 0.0728. The van der Waals surface area contributed by atoms with E-state index in [9.17, 15) is 4.79 Å². The molecule has 1 radical (unpaired) electrons. The van der Waals surface area contributed by atoms with Crippen LogP contribution in [0.4, 0.5) is 0 Å². The molecule has 1 aromatic rings. The standard InChI is InChI=1S/C30H42NO3/c1-28-12-9-20(11-16-31-14-3-4-15-31)17-22(28)6-7-24-23(28)10-13-29(2)25(18-26-30(24,29)34-26)21-5-8-27(32)33-19-21/h5,8,11,19-20,22-26H,3-4,6-7,9-10,12-18H2,1-2H3/t20-,22-,23+,24-,25-,26-,28+,29-,30-/m1/s1. The smallest absolute Gasteiger partial charge is 0.335 e. The largest absolute Gasteiger partial charge is 0.431 e. The van der Waals surface area contributed by atoms with Gasteiger partial charge in [-0.3, -0.25) is 0 Å². The highest BCUT2D eigenvalue weighted by Gasteiger charge is 2.80. The maximum Gasteiger partial charge on any atom is 0.335 e. The van der Waals surface area contributed by atoms with E-state index in [1.54, 1.807) is 12.3 Å². The van der Waals surface area contributed by atoms with Crippen molar-refractivity contribution in [1.82, 2.24) is 4.90 Å². The van der Waals surface area contributed by atoms with E-state index in [0.29, 0.717) is 23.4 Å². The van der Waals surface area contributed by atoms with Gasteiger partial charge in [0.05, 0.1) is 12.4 Å². The number of likely N-dealkylation sites (tertiary alicyclic amines) is 1. The minimum Gasteiger partial charge on any atom is -0.431 e. The molecule has 6 fully saturated rings. The summed E-state index contributed by atoms with van der Waals surface area (Å²) in [5, 5.41) is 0. The number of fused-ring (bicyclic) bond motifs is 3. The Labute approximate surface area is 204 Å². The van der Waals surface area contributed by atoms with Gasteiger partial charge in [-0.05, 0) is 130 Å².